The van der Waals surface area contributed by atoms with Crippen molar-refractivity contribution in [2.24, 2.45) is 0 Å². The summed E-state index contributed by atoms with van der Waals surface area (Å²) >= 11 is 0. The zero-order valence-electron chi connectivity index (χ0n) is 11.5. The summed E-state index contributed by atoms with van der Waals surface area (Å²) in [6.07, 6.45) is 0.767. The number of benzene rings is 2. The maximum Gasteiger partial charge on any atom is 0.0628 e. The van der Waals surface area contributed by atoms with Gasteiger partial charge in [-0.2, -0.15) is 0 Å². The molecule has 0 aliphatic heterocycles. The molecular formula is C15H20N4O. The fourth-order valence-corrected chi connectivity index (χ4v) is 2.15. The van der Waals surface area contributed by atoms with Crippen LogP contribution < -0.4 is 22.9 Å². The van der Waals surface area contributed by atoms with Gasteiger partial charge in [0.15, 0.2) is 0 Å². The number of hydrogen-bond donors (Lipinski definition) is 4. The van der Waals surface area contributed by atoms with E-state index in [0.29, 0.717) is 29.4 Å². The minimum Gasteiger partial charge on any atom is -0.399 e. The molecule has 0 bridgehead atoms. The van der Waals surface area contributed by atoms with E-state index in [1.165, 1.54) is 0 Å². The van der Waals surface area contributed by atoms with Gasteiger partial charge in [0.1, 0.15) is 0 Å². The SMILES string of the molecule is COCCc1cc(N)c(N)c(-c2ccc(N)cc2N)c1. The molecule has 0 atom stereocenters. The Bertz CT molecular complexity index is 626. The first-order valence-electron chi connectivity index (χ1n) is 6.35. The van der Waals surface area contributed by atoms with Gasteiger partial charge in [-0.05, 0) is 36.2 Å². The molecule has 0 aliphatic carbocycles. The Morgan fingerprint density at radius 2 is 1.65 bits per heavy atom. The zero-order chi connectivity index (χ0) is 14.7. The van der Waals surface area contributed by atoms with E-state index >= 15 is 0 Å². The Morgan fingerprint density at radius 1 is 0.900 bits per heavy atom. The van der Waals surface area contributed by atoms with Gasteiger partial charge in [-0.3, -0.25) is 0 Å². The molecule has 0 saturated heterocycles. The van der Waals surface area contributed by atoms with Crippen LogP contribution in [0.2, 0.25) is 0 Å². The molecule has 5 heteroatoms. The Morgan fingerprint density at radius 3 is 2.30 bits per heavy atom. The highest BCUT2D eigenvalue weighted by molar-refractivity contribution is 5.90. The van der Waals surface area contributed by atoms with Crippen LogP contribution in [-0.4, -0.2) is 13.7 Å². The van der Waals surface area contributed by atoms with Gasteiger partial charge in [-0.1, -0.05) is 6.07 Å². The van der Waals surface area contributed by atoms with Crippen LogP contribution in [0, 0.1) is 0 Å². The van der Waals surface area contributed by atoms with E-state index < -0.39 is 0 Å². The van der Waals surface area contributed by atoms with E-state index in [4.69, 9.17) is 27.7 Å². The average Bonchev–Trinajstić information content (AvgIpc) is 2.40. The normalized spacial score (nSPS) is 10.7. The molecule has 0 radical (unpaired) electrons. The minimum absolute atomic E-state index is 0.530. The highest BCUT2D eigenvalue weighted by atomic mass is 16.5. The average molecular weight is 272 g/mol. The Balaban J connectivity index is 2.51. The van der Waals surface area contributed by atoms with Crippen LogP contribution in [0.5, 0.6) is 0 Å². The lowest BCUT2D eigenvalue weighted by Crippen LogP contribution is -2.03. The van der Waals surface area contributed by atoms with Crippen LogP contribution in [0.25, 0.3) is 11.1 Å². The van der Waals surface area contributed by atoms with Gasteiger partial charge in [0.05, 0.1) is 18.0 Å². The lowest BCUT2D eigenvalue weighted by atomic mass is 9.97. The number of nitrogen functional groups attached to an aromatic ring is 4. The first-order valence-corrected chi connectivity index (χ1v) is 6.35. The molecule has 2 aromatic rings. The van der Waals surface area contributed by atoms with Crippen molar-refractivity contribution >= 4 is 22.7 Å². The highest BCUT2D eigenvalue weighted by Gasteiger charge is 2.11. The maximum atomic E-state index is 6.08. The van der Waals surface area contributed by atoms with Crippen molar-refractivity contribution < 1.29 is 4.74 Å². The van der Waals surface area contributed by atoms with Crippen molar-refractivity contribution in [3.05, 3.63) is 35.9 Å². The van der Waals surface area contributed by atoms with Gasteiger partial charge in [0.25, 0.3) is 0 Å². The van der Waals surface area contributed by atoms with E-state index in [9.17, 15) is 0 Å². The second kappa shape index (κ2) is 5.71. The van der Waals surface area contributed by atoms with Crippen LogP contribution in [-0.2, 0) is 11.2 Å². The molecule has 0 unspecified atom stereocenters. The van der Waals surface area contributed by atoms with Crippen molar-refractivity contribution in [2.45, 2.75) is 6.42 Å². The van der Waals surface area contributed by atoms with Gasteiger partial charge < -0.3 is 27.7 Å². The van der Waals surface area contributed by atoms with Crippen molar-refractivity contribution in [1.29, 1.82) is 0 Å². The highest BCUT2D eigenvalue weighted by Crippen LogP contribution is 2.36. The lowest BCUT2D eigenvalue weighted by Gasteiger charge is -2.14. The molecule has 5 nitrogen and oxygen atoms in total. The molecular weight excluding hydrogens is 252 g/mol. The lowest BCUT2D eigenvalue weighted by molar-refractivity contribution is 0.202. The molecule has 0 fully saturated rings. The van der Waals surface area contributed by atoms with Crippen LogP contribution in [0.1, 0.15) is 5.56 Å². The first kappa shape index (κ1) is 14.0. The largest absolute Gasteiger partial charge is 0.399 e. The van der Waals surface area contributed by atoms with Crippen LogP contribution in [0.4, 0.5) is 22.7 Å². The third kappa shape index (κ3) is 2.78. The first-order chi connectivity index (χ1) is 9.52. The van der Waals surface area contributed by atoms with E-state index in [2.05, 4.69) is 0 Å². The molecule has 8 N–H and O–H groups in total. The van der Waals surface area contributed by atoms with Crippen molar-refractivity contribution in [2.75, 3.05) is 36.7 Å². The minimum atomic E-state index is 0.530. The molecule has 0 amide bonds. The number of ether oxygens (including phenoxy) is 1. The number of methoxy groups -OCH3 is 1. The quantitative estimate of drug-likeness (QED) is 0.634. The molecule has 0 aliphatic rings. The summed E-state index contributed by atoms with van der Waals surface area (Å²) in [4.78, 5) is 0. The van der Waals surface area contributed by atoms with E-state index in [-0.39, 0.29) is 0 Å². The molecule has 0 heterocycles. The molecule has 106 valence electrons. The maximum absolute atomic E-state index is 6.08. The smallest absolute Gasteiger partial charge is 0.0628 e. The Kier molecular flexibility index (Phi) is 4.00. The molecule has 2 rings (SSSR count). The van der Waals surface area contributed by atoms with Crippen molar-refractivity contribution in [3.8, 4) is 11.1 Å². The van der Waals surface area contributed by atoms with Crippen LogP contribution in [0.15, 0.2) is 30.3 Å². The molecule has 20 heavy (non-hydrogen) atoms. The number of anilines is 4. The summed E-state index contributed by atoms with van der Waals surface area (Å²) in [5.74, 6) is 0. The summed E-state index contributed by atoms with van der Waals surface area (Å²) < 4.78 is 5.09. The summed E-state index contributed by atoms with van der Waals surface area (Å²) in [5.41, 5.74) is 28.8. The van der Waals surface area contributed by atoms with Gasteiger partial charge in [0.2, 0.25) is 0 Å². The topological polar surface area (TPSA) is 113 Å². The number of nitrogens with two attached hydrogens (primary N) is 4. The molecule has 0 spiro atoms. The van der Waals surface area contributed by atoms with Gasteiger partial charge >= 0.3 is 0 Å². The number of hydrogen-bond acceptors (Lipinski definition) is 5. The van der Waals surface area contributed by atoms with E-state index in [1.54, 1.807) is 19.2 Å². The fraction of sp³-hybridized carbons (Fsp3) is 0.200. The van der Waals surface area contributed by atoms with Gasteiger partial charge in [-0.25, -0.2) is 0 Å². The third-order valence-electron chi connectivity index (χ3n) is 3.23. The van der Waals surface area contributed by atoms with Crippen LogP contribution in [0.3, 0.4) is 0 Å². The van der Waals surface area contributed by atoms with E-state index in [1.807, 2.05) is 18.2 Å². The monoisotopic (exact) mass is 272 g/mol. The Labute approximate surface area is 118 Å². The number of rotatable bonds is 4. The molecule has 0 saturated carbocycles. The summed E-state index contributed by atoms with van der Waals surface area (Å²) in [6, 6.07) is 9.23. The fourth-order valence-electron chi connectivity index (χ4n) is 2.15. The van der Waals surface area contributed by atoms with Crippen molar-refractivity contribution in [3.63, 3.8) is 0 Å². The second-order valence-electron chi connectivity index (χ2n) is 4.74. The summed E-state index contributed by atoms with van der Waals surface area (Å²) in [6.45, 7) is 0.625. The predicted octanol–water partition coefficient (Wildman–Crippen LogP) is 1.87. The van der Waals surface area contributed by atoms with Gasteiger partial charge in [-0.15, -0.1) is 0 Å². The summed E-state index contributed by atoms with van der Waals surface area (Å²) in [7, 11) is 1.67. The zero-order valence-corrected chi connectivity index (χ0v) is 11.5. The predicted molar refractivity (Wildman–Crippen MR) is 85.1 cm³/mol. The molecule has 0 aromatic heterocycles. The van der Waals surface area contributed by atoms with E-state index in [0.717, 1.165) is 23.1 Å². The molecule has 2 aromatic carbocycles. The Hall–Kier alpha value is -2.40. The standard InChI is InChI=1S/C15H20N4O/c1-20-5-4-9-6-12(15(19)14(18)7-9)11-3-2-10(16)8-13(11)17/h2-3,6-8H,4-5,16-19H2,1H3. The summed E-state index contributed by atoms with van der Waals surface area (Å²) in [5, 5.41) is 0. The van der Waals surface area contributed by atoms with Crippen molar-refractivity contribution in [1.82, 2.24) is 0 Å². The second-order valence-corrected chi connectivity index (χ2v) is 4.74. The van der Waals surface area contributed by atoms with Crippen LogP contribution >= 0.6 is 0 Å². The third-order valence-corrected chi connectivity index (χ3v) is 3.23. The van der Waals surface area contributed by atoms with Gasteiger partial charge in [0, 0.05) is 29.6 Å².